The highest BCUT2D eigenvalue weighted by atomic mass is 32.1. The number of anilines is 2. The van der Waals surface area contributed by atoms with Crippen molar-refractivity contribution < 1.29 is 14.6 Å². The van der Waals surface area contributed by atoms with Gasteiger partial charge in [-0.3, -0.25) is 4.79 Å². The van der Waals surface area contributed by atoms with Crippen LogP contribution in [-0.4, -0.2) is 23.2 Å². The van der Waals surface area contributed by atoms with Gasteiger partial charge in [0.05, 0.1) is 19.2 Å². The standard InChI is InChI=1S/C12H12N2O3S/c1-17-11(16)6-9-7-18-12(14-9)13-8-3-2-4-10(15)5-8/h2-5,7,15H,6H2,1H3,(H,13,14). The molecule has 1 heterocycles. The molecule has 0 unspecified atom stereocenters. The minimum atomic E-state index is -0.316. The second kappa shape index (κ2) is 5.50. The van der Waals surface area contributed by atoms with Crippen LogP contribution in [0.1, 0.15) is 5.69 Å². The summed E-state index contributed by atoms with van der Waals surface area (Å²) in [6, 6.07) is 6.75. The van der Waals surface area contributed by atoms with E-state index in [4.69, 9.17) is 0 Å². The zero-order valence-electron chi connectivity index (χ0n) is 9.71. The van der Waals surface area contributed by atoms with Crippen LogP contribution in [0, 0.1) is 0 Å². The number of phenols is 1. The van der Waals surface area contributed by atoms with Gasteiger partial charge >= 0.3 is 5.97 Å². The Labute approximate surface area is 108 Å². The van der Waals surface area contributed by atoms with Crippen LogP contribution in [-0.2, 0) is 16.0 Å². The predicted octanol–water partition coefficient (Wildman–Crippen LogP) is 2.31. The third-order valence-electron chi connectivity index (χ3n) is 2.20. The average Bonchev–Trinajstić information content (AvgIpc) is 2.76. The molecule has 0 radical (unpaired) electrons. The Morgan fingerprint density at radius 2 is 2.39 bits per heavy atom. The molecule has 0 atom stereocenters. The number of aromatic hydroxyl groups is 1. The van der Waals surface area contributed by atoms with E-state index < -0.39 is 0 Å². The van der Waals surface area contributed by atoms with Gasteiger partial charge in [0.1, 0.15) is 5.75 Å². The van der Waals surface area contributed by atoms with Crippen LogP contribution in [0.15, 0.2) is 29.6 Å². The van der Waals surface area contributed by atoms with E-state index in [0.29, 0.717) is 10.8 Å². The van der Waals surface area contributed by atoms with Gasteiger partial charge in [-0.05, 0) is 12.1 Å². The van der Waals surface area contributed by atoms with Gasteiger partial charge in [0.2, 0.25) is 0 Å². The topological polar surface area (TPSA) is 71.5 Å². The molecule has 6 heteroatoms. The minimum absolute atomic E-state index is 0.161. The zero-order valence-corrected chi connectivity index (χ0v) is 10.5. The van der Waals surface area contributed by atoms with Crippen LogP contribution in [0.3, 0.4) is 0 Å². The molecule has 2 aromatic rings. The van der Waals surface area contributed by atoms with E-state index >= 15 is 0 Å². The second-order valence-corrected chi connectivity index (χ2v) is 4.43. The monoisotopic (exact) mass is 264 g/mol. The van der Waals surface area contributed by atoms with Gasteiger partial charge in [-0.25, -0.2) is 4.98 Å². The largest absolute Gasteiger partial charge is 0.508 e. The highest BCUT2D eigenvalue weighted by Gasteiger charge is 2.07. The van der Waals surface area contributed by atoms with Crippen molar-refractivity contribution in [3.8, 4) is 5.75 Å². The number of hydrogen-bond acceptors (Lipinski definition) is 6. The first-order valence-corrected chi connectivity index (χ1v) is 6.12. The van der Waals surface area contributed by atoms with Crippen molar-refractivity contribution in [3.05, 3.63) is 35.3 Å². The number of rotatable bonds is 4. The molecule has 0 spiro atoms. The number of phenolic OH excluding ortho intramolecular Hbond substituents is 1. The van der Waals surface area contributed by atoms with E-state index in [-0.39, 0.29) is 18.1 Å². The maximum absolute atomic E-state index is 11.1. The molecule has 2 N–H and O–H groups in total. The van der Waals surface area contributed by atoms with Crippen molar-refractivity contribution in [2.24, 2.45) is 0 Å². The third kappa shape index (κ3) is 3.21. The molecule has 1 aromatic carbocycles. The van der Waals surface area contributed by atoms with Crippen LogP contribution in [0.5, 0.6) is 5.75 Å². The van der Waals surface area contributed by atoms with Gasteiger partial charge in [-0.1, -0.05) is 6.07 Å². The summed E-state index contributed by atoms with van der Waals surface area (Å²) in [5, 5.41) is 14.8. The first-order valence-electron chi connectivity index (χ1n) is 5.24. The van der Waals surface area contributed by atoms with Gasteiger partial charge in [0.15, 0.2) is 5.13 Å². The summed E-state index contributed by atoms with van der Waals surface area (Å²) in [5.74, 6) is -0.129. The van der Waals surface area contributed by atoms with E-state index in [1.165, 1.54) is 18.4 Å². The zero-order chi connectivity index (χ0) is 13.0. The van der Waals surface area contributed by atoms with E-state index in [0.717, 1.165) is 5.69 Å². The summed E-state index contributed by atoms with van der Waals surface area (Å²) in [5.41, 5.74) is 1.41. The van der Waals surface area contributed by atoms with Crippen molar-refractivity contribution >= 4 is 28.1 Å². The van der Waals surface area contributed by atoms with Gasteiger partial charge in [-0.15, -0.1) is 11.3 Å². The number of carbonyl (C=O) groups excluding carboxylic acids is 1. The van der Waals surface area contributed by atoms with Gasteiger partial charge < -0.3 is 15.2 Å². The number of carbonyl (C=O) groups is 1. The molecule has 94 valence electrons. The number of methoxy groups -OCH3 is 1. The fraction of sp³-hybridized carbons (Fsp3) is 0.167. The molecular formula is C12H12N2O3S. The Hall–Kier alpha value is -2.08. The summed E-state index contributed by atoms with van der Waals surface area (Å²) in [7, 11) is 1.35. The minimum Gasteiger partial charge on any atom is -0.508 e. The molecule has 0 bridgehead atoms. The highest BCUT2D eigenvalue weighted by Crippen LogP contribution is 2.23. The molecule has 2 rings (SSSR count). The Bertz CT molecular complexity index is 554. The lowest BCUT2D eigenvalue weighted by Gasteiger charge is -2.02. The van der Waals surface area contributed by atoms with Crippen molar-refractivity contribution in [1.29, 1.82) is 0 Å². The van der Waals surface area contributed by atoms with E-state index in [2.05, 4.69) is 15.0 Å². The molecule has 0 aliphatic rings. The fourth-order valence-electron chi connectivity index (χ4n) is 1.37. The molecule has 0 aliphatic carbocycles. The highest BCUT2D eigenvalue weighted by molar-refractivity contribution is 7.13. The summed E-state index contributed by atoms with van der Waals surface area (Å²) in [6.45, 7) is 0. The first kappa shape index (κ1) is 12.4. The SMILES string of the molecule is COC(=O)Cc1csc(Nc2cccc(O)c2)n1. The van der Waals surface area contributed by atoms with Crippen LogP contribution in [0.2, 0.25) is 0 Å². The van der Waals surface area contributed by atoms with E-state index in [1.54, 1.807) is 23.6 Å². The van der Waals surface area contributed by atoms with Crippen molar-refractivity contribution in [2.75, 3.05) is 12.4 Å². The normalized spacial score (nSPS) is 10.1. The molecule has 0 aliphatic heterocycles. The number of hydrogen-bond donors (Lipinski definition) is 2. The lowest BCUT2D eigenvalue weighted by atomic mass is 10.3. The van der Waals surface area contributed by atoms with Gasteiger partial charge in [0.25, 0.3) is 0 Å². The lowest BCUT2D eigenvalue weighted by molar-refractivity contribution is -0.139. The molecule has 0 saturated carbocycles. The van der Waals surface area contributed by atoms with Crippen molar-refractivity contribution in [1.82, 2.24) is 4.98 Å². The number of thiazole rings is 1. The summed E-state index contributed by atoms with van der Waals surface area (Å²) >= 11 is 1.39. The van der Waals surface area contributed by atoms with E-state index in [9.17, 15) is 9.90 Å². The van der Waals surface area contributed by atoms with Gasteiger partial charge in [0, 0.05) is 17.1 Å². The maximum atomic E-state index is 11.1. The molecule has 0 saturated heterocycles. The Balaban J connectivity index is 2.04. The average molecular weight is 264 g/mol. The number of ether oxygens (including phenoxy) is 1. The fourth-order valence-corrected chi connectivity index (χ4v) is 2.10. The maximum Gasteiger partial charge on any atom is 0.311 e. The van der Waals surface area contributed by atoms with Crippen LogP contribution in [0.25, 0.3) is 0 Å². The molecular weight excluding hydrogens is 252 g/mol. The van der Waals surface area contributed by atoms with E-state index in [1.807, 2.05) is 6.07 Å². The third-order valence-corrected chi connectivity index (χ3v) is 3.01. The quantitative estimate of drug-likeness (QED) is 0.829. The summed E-state index contributed by atoms with van der Waals surface area (Å²) < 4.78 is 4.57. The first-order chi connectivity index (χ1) is 8.67. The van der Waals surface area contributed by atoms with Crippen LogP contribution in [0.4, 0.5) is 10.8 Å². The number of nitrogens with one attached hydrogen (secondary N) is 1. The van der Waals surface area contributed by atoms with Crippen molar-refractivity contribution in [3.63, 3.8) is 0 Å². The Morgan fingerprint density at radius 1 is 1.56 bits per heavy atom. The summed E-state index contributed by atoms with van der Waals surface area (Å²) in [4.78, 5) is 15.3. The Morgan fingerprint density at radius 3 is 3.11 bits per heavy atom. The number of nitrogens with zero attached hydrogens (tertiary/aromatic N) is 1. The molecule has 1 aromatic heterocycles. The smallest absolute Gasteiger partial charge is 0.311 e. The van der Waals surface area contributed by atoms with Crippen molar-refractivity contribution in [2.45, 2.75) is 6.42 Å². The predicted molar refractivity (Wildman–Crippen MR) is 69.2 cm³/mol. The lowest BCUT2D eigenvalue weighted by Crippen LogP contribution is -2.04. The molecule has 18 heavy (non-hydrogen) atoms. The second-order valence-electron chi connectivity index (χ2n) is 3.57. The van der Waals surface area contributed by atoms with Crippen LogP contribution < -0.4 is 5.32 Å². The molecule has 0 fully saturated rings. The number of esters is 1. The number of benzene rings is 1. The van der Waals surface area contributed by atoms with Crippen LogP contribution >= 0.6 is 11.3 Å². The number of aromatic nitrogens is 1. The molecule has 0 amide bonds. The molecule has 5 nitrogen and oxygen atoms in total. The Kier molecular flexibility index (Phi) is 3.78. The summed E-state index contributed by atoms with van der Waals surface area (Å²) in [6.07, 6.45) is 0.161. The van der Waals surface area contributed by atoms with Gasteiger partial charge in [-0.2, -0.15) is 0 Å².